The second-order valence-electron chi connectivity index (χ2n) is 9.82. The summed E-state index contributed by atoms with van der Waals surface area (Å²) in [7, 11) is -4.15. The van der Waals surface area contributed by atoms with Crippen LogP contribution in [0.5, 0.6) is 5.75 Å². The molecule has 1 fully saturated rings. The summed E-state index contributed by atoms with van der Waals surface area (Å²) in [5.74, 6) is -0.382. The molecule has 1 saturated heterocycles. The van der Waals surface area contributed by atoms with Crippen LogP contribution in [0.15, 0.2) is 65.6 Å². The lowest BCUT2D eigenvalue weighted by Crippen LogP contribution is -2.25. The standard InChI is InChI=1S/C29H26ClFN4O4S/c30-19-3-6-28(25(31)15-19)34-40(37,38)22-5-8-27-23(17-22)24(29(36)33-27)16-20-13-18-14-21(4-7-26(18)32-20)39-12-11-35-9-1-2-10-35/h3-8,13-17,32,34H,1-2,9-12H2,(H,33,36). The Hall–Kier alpha value is -3.86. The number of sulfonamides is 1. The number of rotatable bonds is 8. The third kappa shape index (κ3) is 5.42. The molecule has 40 heavy (non-hydrogen) atoms. The molecule has 6 rings (SSSR count). The Kier molecular flexibility index (Phi) is 6.99. The molecule has 0 bridgehead atoms. The average Bonchev–Trinajstić information content (AvgIpc) is 3.65. The Morgan fingerprint density at radius 2 is 1.88 bits per heavy atom. The molecule has 0 aliphatic carbocycles. The fraction of sp³-hybridized carbons (Fsp3) is 0.207. The van der Waals surface area contributed by atoms with Gasteiger partial charge in [0.1, 0.15) is 18.2 Å². The highest BCUT2D eigenvalue weighted by Gasteiger charge is 2.27. The molecule has 1 aromatic heterocycles. The molecule has 0 unspecified atom stereocenters. The summed E-state index contributed by atoms with van der Waals surface area (Å²) >= 11 is 5.77. The number of carbonyl (C=O) groups excluding carboxylic acids is 1. The highest BCUT2D eigenvalue weighted by Crippen LogP contribution is 2.36. The smallest absolute Gasteiger partial charge is 0.262 e. The molecule has 11 heteroatoms. The van der Waals surface area contributed by atoms with E-state index < -0.39 is 15.8 Å². The van der Waals surface area contributed by atoms with Crippen LogP contribution in [-0.2, 0) is 14.8 Å². The molecular weight excluding hydrogens is 555 g/mol. The number of halogens is 2. The van der Waals surface area contributed by atoms with Gasteiger partial charge in [0.25, 0.3) is 15.9 Å². The summed E-state index contributed by atoms with van der Waals surface area (Å²) in [6.07, 6.45) is 4.17. The Bertz CT molecular complexity index is 1760. The van der Waals surface area contributed by atoms with Gasteiger partial charge in [-0.1, -0.05) is 11.6 Å². The fourth-order valence-electron chi connectivity index (χ4n) is 5.01. The van der Waals surface area contributed by atoms with Crippen LogP contribution in [0.3, 0.4) is 0 Å². The van der Waals surface area contributed by atoms with Gasteiger partial charge in [0.2, 0.25) is 0 Å². The van der Waals surface area contributed by atoms with Gasteiger partial charge in [0.15, 0.2) is 0 Å². The zero-order chi connectivity index (χ0) is 27.9. The molecule has 2 aliphatic rings. The van der Waals surface area contributed by atoms with Crippen LogP contribution in [0, 0.1) is 5.82 Å². The summed E-state index contributed by atoms with van der Waals surface area (Å²) in [5.41, 5.74) is 2.54. The number of aromatic amines is 1. The lowest BCUT2D eigenvalue weighted by molar-refractivity contribution is -0.110. The topological polar surface area (TPSA) is 104 Å². The van der Waals surface area contributed by atoms with Crippen LogP contribution >= 0.6 is 11.6 Å². The summed E-state index contributed by atoms with van der Waals surface area (Å²) < 4.78 is 48.5. The van der Waals surface area contributed by atoms with Gasteiger partial charge in [-0.15, -0.1) is 0 Å². The number of ether oxygens (including phenoxy) is 1. The van der Waals surface area contributed by atoms with Crippen molar-refractivity contribution in [2.45, 2.75) is 17.7 Å². The van der Waals surface area contributed by atoms with E-state index >= 15 is 0 Å². The molecule has 8 nitrogen and oxygen atoms in total. The highest BCUT2D eigenvalue weighted by molar-refractivity contribution is 7.92. The first-order valence-corrected chi connectivity index (χ1v) is 14.7. The molecule has 2 aliphatic heterocycles. The van der Waals surface area contributed by atoms with Crippen LogP contribution in [0.4, 0.5) is 15.8 Å². The molecule has 0 spiro atoms. The minimum absolute atomic E-state index is 0.115. The minimum Gasteiger partial charge on any atom is -0.492 e. The van der Waals surface area contributed by atoms with E-state index in [2.05, 4.69) is 19.9 Å². The van der Waals surface area contributed by atoms with Crippen molar-refractivity contribution < 1.29 is 22.3 Å². The van der Waals surface area contributed by atoms with Crippen molar-refractivity contribution in [3.63, 3.8) is 0 Å². The number of benzene rings is 3. The molecule has 0 radical (unpaired) electrons. The Morgan fingerprint density at radius 3 is 2.67 bits per heavy atom. The van der Waals surface area contributed by atoms with Crippen molar-refractivity contribution in [3.05, 3.63) is 82.8 Å². The fourth-order valence-corrected chi connectivity index (χ4v) is 6.26. The van der Waals surface area contributed by atoms with Gasteiger partial charge in [0.05, 0.1) is 16.2 Å². The van der Waals surface area contributed by atoms with Gasteiger partial charge in [-0.05, 0) is 92.7 Å². The lowest BCUT2D eigenvalue weighted by atomic mass is 10.1. The Morgan fingerprint density at radius 1 is 1.05 bits per heavy atom. The van der Waals surface area contributed by atoms with Gasteiger partial charge in [-0.3, -0.25) is 14.4 Å². The molecule has 0 saturated carbocycles. The monoisotopic (exact) mass is 580 g/mol. The SMILES string of the molecule is O=C1Nc2ccc(S(=O)(=O)Nc3ccc(Cl)cc3F)cc2C1=Cc1cc2cc(OCCN3CCCC3)ccc2[nH]1. The van der Waals surface area contributed by atoms with Crippen molar-refractivity contribution >= 4 is 61.5 Å². The van der Waals surface area contributed by atoms with E-state index in [1.54, 1.807) is 6.08 Å². The van der Waals surface area contributed by atoms with E-state index in [0.29, 0.717) is 29.1 Å². The van der Waals surface area contributed by atoms with Crippen LogP contribution in [0.25, 0.3) is 22.6 Å². The molecule has 4 aromatic rings. The molecule has 206 valence electrons. The maximum atomic E-state index is 14.2. The van der Waals surface area contributed by atoms with Gasteiger partial charge < -0.3 is 15.0 Å². The number of hydrogen-bond donors (Lipinski definition) is 3. The average molecular weight is 581 g/mol. The van der Waals surface area contributed by atoms with Crippen molar-refractivity contribution in [1.29, 1.82) is 0 Å². The largest absolute Gasteiger partial charge is 0.492 e. The number of nitrogens with zero attached hydrogens (tertiary/aromatic N) is 1. The van der Waals surface area contributed by atoms with E-state index in [1.807, 2.05) is 24.3 Å². The second-order valence-corrected chi connectivity index (χ2v) is 11.9. The maximum absolute atomic E-state index is 14.2. The predicted octanol–water partition coefficient (Wildman–Crippen LogP) is 5.73. The second kappa shape index (κ2) is 10.6. The third-order valence-electron chi connectivity index (χ3n) is 7.05. The number of hydrogen-bond acceptors (Lipinski definition) is 5. The molecule has 3 N–H and O–H groups in total. The van der Waals surface area contributed by atoms with Gasteiger partial charge in [0, 0.05) is 39.4 Å². The predicted molar refractivity (Wildman–Crippen MR) is 155 cm³/mol. The van der Waals surface area contributed by atoms with Crippen molar-refractivity contribution in [2.24, 2.45) is 0 Å². The number of nitrogens with one attached hydrogen (secondary N) is 3. The summed E-state index contributed by atoms with van der Waals surface area (Å²) in [6.45, 7) is 3.77. The minimum atomic E-state index is -4.15. The first-order chi connectivity index (χ1) is 19.2. The summed E-state index contributed by atoms with van der Waals surface area (Å²) in [4.78, 5) is 18.4. The lowest BCUT2D eigenvalue weighted by Gasteiger charge is -2.14. The zero-order valence-electron chi connectivity index (χ0n) is 21.3. The molecule has 3 heterocycles. The number of likely N-dealkylation sites (tertiary alicyclic amines) is 1. The normalized spacial score (nSPS) is 16.4. The number of amides is 1. The quantitative estimate of drug-likeness (QED) is 0.231. The van der Waals surface area contributed by atoms with E-state index in [-0.39, 0.29) is 21.5 Å². The zero-order valence-corrected chi connectivity index (χ0v) is 22.9. The molecule has 3 aromatic carbocycles. The van der Waals surface area contributed by atoms with Gasteiger partial charge in [-0.25, -0.2) is 12.8 Å². The highest BCUT2D eigenvalue weighted by atomic mass is 35.5. The van der Waals surface area contributed by atoms with Crippen molar-refractivity contribution in [1.82, 2.24) is 9.88 Å². The number of aromatic nitrogens is 1. The molecule has 0 atom stereocenters. The molecular formula is C29H26ClFN4O4S. The number of anilines is 2. The van der Waals surface area contributed by atoms with Gasteiger partial charge in [-0.2, -0.15) is 0 Å². The van der Waals surface area contributed by atoms with E-state index in [1.165, 1.54) is 43.2 Å². The van der Waals surface area contributed by atoms with Crippen LogP contribution in [0.2, 0.25) is 5.02 Å². The number of carbonyl (C=O) groups is 1. The first-order valence-electron chi connectivity index (χ1n) is 12.9. The van der Waals surface area contributed by atoms with Crippen LogP contribution in [0.1, 0.15) is 24.1 Å². The van der Waals surface area contributed by atoms with E-state index in [0.717, 1.165) is 42.4 Å². The Labute approximate surface area is 235 Å². The number of H-pyrrole nitrogens is 1. The third-order valence-corrected chi connectivity index (χ3v) is 8.65. The summed E-state index contributed by atoms with van der Waals surface area (Å²) in [6, 6.07) is 15.6. The maximum Gasteiger partial charge on any atom is 0.262 e. The van der Waals surface area contributed by atoms with E-state index in [9.17, 15) is 17.6 Å². The number of fused-ring (bicyclic) bond motifs is 2. The molecule has 1 amide bonds. The van der Waals surface area contributed by atoms with Crippen LogP contribution in [-0.4, -0.2) is 50.5 Å². The summed E-state index contributed by atoms with van der Waals surface area (Å²) in [5, 5.41) is 3.84. The first kappa shape index (κ1) is 26.4. The van der Waals surface area contributed by atoms with Crippen molar-refractivity contribution in [3.8, 4) is 5.75 Å². The van der Waals surface area contributed by atoms with Gasteiger partial charge >= 0.3 is 0 Å². The van der Waals surface area contributed by atoms with Crippen LogP contribution < -0.4 is 14.8 Å². The van der Waals surface area contributed by atoms with E-state index in [4.69, 9.17) is 16.3 Å². The Balaban J connectivity index is 1.24. The van der Waals surface area contributed by atoms with Crippen molar-refractivity contribution in [2.75, 3.05) is 36.3 Å².